The van der Waals surface area contributed by atoms with Crippen molar-refractivity contribution in [3.8, 4) is 17.6 Å². The molecular weight excluding hydrogens is 477 g/mol. The first kappa shape index (κ1) is 24.9. The van der Waals surface area contributed by atoms with Crippen LogP contribution in [-0.4, -0.2) is 12.8 Å². The smallest absolute Gasteiger partial charge is 0.458 e. The molecule has 1 fully saturated rings. The minimum absolute atomic E-state index is 0.0185. The van der Waals surface area contributed by atoms with Crippen LogP contribution in [0.15, 0.2) is 36.4 Å². The highest BCUT2D eigenvalue weighted by Crippen LogP contribution is 2.33. The summed E-state index contributed by atoms with van der Waals surface area (Å²) >= 11 is 0. The van der Waals surface area contributed by atoms with Crippen LogP contribution in [0.1, 0.15) is 42.6 Å². The van der Waals surface area contributed by atoms with Crippen LogP contribution in [-0.2, 0) is 11.3 Å². The van der Waals surface area contributed by atoms with Crippen LogP contribution in [0.2, 0.25) is 0 Å². The molecule has 4 rings (SSSR count). The van der Waals surface area contributed by atoms with Gasteiger partial charge < -0.3 is 9.47 Å². The quantitative estimate of drug-likeness (QED) is 0.277. The fraction of sp³-hybridized carbons (Fsp3) is 0.308. The van der Waals surface area contributed by atoms with E-state index in [1.54, 1.807) is 0 Å². The molecule has 1 aliphatic rings. The molecule has 0 spiro atoms. The predicted molar refractivity (Wildman–Crippen MR) is 115 cm³/mol. The summed E-state index contributed by atoms with van der Waals surface area (Å²) in [5, 5.41) is -0.205. The zero-order valence-corrected chi connectivity index (χ0v) is 18.4. The van der Waals surface area contributed by atoms with Crippen LogP contribution in [0.3, 0.4) is 0 Å². The van der Waals surface area contributed by atoms with Gasteiger partial charge in [-0.1, -0.05) is 12.8 Å². The molecule has 2 unspecified atom stereocenters. The summed E-state index contributed by atoms with van der Waals surface area (Å²) in [5.74, 6) is -1.41. The third-order valence-corrected chi connectivity index (χ3v) is 5.75. The number of halogens is 7. The number of alkyl halides is 3. The Kier molecular flexibility index (Phi) is 6.95. The summed E-state index contributed by atoms with van der Waals surface area (Å²) in [6, 6.07) is 6.85. The highest BCUT2D eigenvalue weighted by Gasteiger charge is 2.25. The third kappa shape index (κ3) is 5.70. The summed E-state index contributed by atoms with van der Waals surface area (Å²) in [5.41, 5.74) is -0.936. The van der Waals surface area contributed by atoms with Crippen molar-refractivity contribution in [2.75, 3.05) is 6.61 Å². The van der Waals surface area contributed by atoms with E-state index in [9.17, 15) is 30.7 Å². The highest BCUT2D eigenvalue weighted by atomic mass is 19.4. The topological polar surface area (TPSA) is 18.5 Å². The molecule has 0 bridgehead atoms. The second-order valence-electron chi connectivity index (χ2n) is 8.43. The Labute approximate surface area is 196 Å². The van der Waals surface area contributed by atoms with E-state index in [2.05, 4.69) is 0 Å². The maximum atomic E-state index is 14.6. The van der Waals surface area contributed by atoms with Gasteiger partial charge in [-0.3, -0.25) is 0 Å². The van der Waals surface area contributed by atoms with E-state index < -0.39 is 41.6 Å². The van der Waals surface area contributed by atoms with Gasteiger partial charge in [0.15, 0.2) is 0 Å². The number of benzene rings is 3. The van der Waals surface area contributed by atoms with Crippen molar-refractivity contribution in [1.29, 1.82) is 0 Å². The lowest BCUT2D eigenvalue weighted by Gasteiger charge is -2.27. The summed E-state index contributed by atoms with van der Waals surface area (Å²) in [4.78, 5) is 0. The minimum atomic E-state index is -4.91. The van der Waals surface area contributed by atoms with Crippen molar-refractivity contribution in [3.05, 3.63) is 76.4 Å². The van der Waals surface area contributed by atoms with E-state index in [1.807, 2.05) is 6.92 Å². The van der Waals surface area contributed by atoms with Crippen molar-refractivity contribution >= 4 is 10.8 Å². The largest absolute Gasteiger partial charge is 0.489 e. The van der Waals surface area contributed by atoms with Gasteiger partial charge in [0, 0.05) is 17.9 Å². The number of fused-ring (bicyclic) bond motifs is 1. The van der Waals surface area contributed by atoms with Crippen LogP contribution in [0, 0.1) is 41.0 Å². The molecule has 1 saturated heterocycles. The van der Waals surface area contributed by atoms with Gasteiger partial charge >= 0.3 is 6.18 Å². The fourth-order valence-corrected chi connectivity index (χ4v) is 3.89. The zero-order chi connectivity index (χ0) is 25.3. The molecule has 3 aromatic rings. The number of hydrogen-bond donors (Lipinski definition) is 0. The first-order valence-electron chi connectivity index (χ1n) is 10.8. The Morgan fingerprint density at radius 3 is 2.31 bits per heavy atom. The molecule has 0 aromatic heterocycles. The SMILES string of the molecule is CC1CCC(c2cc(F)c(COc3ccc4c(F)c(C#CC(F)(F)F)c(F)cc4c3)c(F)c2)OC1. The second-order valence-corrected chi connectivity index (χ2v) is 8.43. The van der Waals surface area contributed by atoms with Crippen molar-refractivity contribution < 1.29 is 40.2 Å². The van der Waals surface area contributed by atoms with Crippen LogP contribution in [0.4, 0.5) is 30.7 Å². The molecule has 35 heavy (non-hydrogen) atoms. The normalized spacial score (nSPS) is 18.3. The van der Waals surface area contributed by atoms with Crippen molar-refractivity contribution in [1.82, 2.24) is 0 Å². The van der Waals surface area contributed by atoms with Gasteiger partial charge in [-0.05, 0) is 66.1 Å². The lowest BCUT2D eigenvalue weighted by molar-refractivity contribution is -0.0696. The van der Waals surface area contributed by atoms with E-state index in [-0.39, 0.29) is 28.2 Å². The first-order chi connectivity index (χ1) is 16.5. The van der Waals surface area contributed by atoms with Crippen LogP contribution >= 0.6 is 0 Å². The van der Waals surface area contributed by atoms with Gasteiger partial charge in [-0.2, -0.15) is 13.2 Å². The average molecular weight is 496 g/mol. The molecule has 1 aliphatic heterocycles. The summed E-state index contributed by atoms with van der Waals surface area (Å²) in [7, 11) is 0. The number of rotatable bonds is 4. The van der Waals surface area contributed by atoms with E-state index in [0.29, 0.717) is 24.5 Å². The molecule has 2 atom stereocenters. The monoisotopic (exact) mass is 496 g/mol. The van der Waals surface area contributed by atoms with Gasteiger partial charge in [-0.25, -0.2) is 17.6 Å². The van der Waals surface area contributed by atoms with Crippen molar-refractivity contribution in [3.63, 3.8) is 0 Å². The molecule has 184 valence electrons. The molecule has 0 radical (unpaired) electrons. The van der Waals surface area contributed by atoms with Gasteiger partial charge in [0.2, 0.25) is 0 Å². The molecule has 2 nitrogen and oxygen atoms in total. The van der Waals surface area contributed by atoms with Gasteiger partial charge in [0.25, 0.3) is 0 Å². The summed E-state index contributed by atoms with van der Waals surface area (Å²) in [6.07, 6.45) is -3.75. The second kappa shape index (κ2) is 9.78. The maximum absolute atomic E-state index is 14.6. The lowest BCUT2D eigenvalue weighted by Crippen LogP contribution is -2.19. The Hall–Kier alpha value is -3.25. The highest BCUT2D eigenvalue weighted by molar-refractivity contribution is 5.86. The Morgan fingerprint density at radius 2 is 1.69 bits per heavy atom. The lowest BCUT2D eigenvalue weighted by atomic mass is 9.95. The molecule has 0 saturated carbocycles. The Bertz CT molecular complexity index is 1290. The Balaban J connectivity index is 1.54. The Morgan fingerprint density at radius 1 is 0.971 bits per heavy atom. The van der Waals surface area contributed by atoms with Crippen molar-refractivity contribution in [2.24, 2.45) is 5.92 Å². The molecule has 1 heterocycles. The minimum Gasteiger partial charge on any atom is -0.489 e. The van der Waals surface area contributed by atoms with Crippen LogP contribution in [0.5, 0.6) is 5.75 Å². The summed E-state index contributed by atoms with van der Waals surface area (Å²) < 4.78 is 106. The molecular formula is C26H19F7O2. The fourth-order valence-electron chi connectivity index (χ4n) is 3.89. The average Bonchev–Trinajstić information content (AvgIpc) is 2.78. The predicted octanol–water partition coefficient (Wildman–Crippen LogP) is 7.38. The molecule has 0 N–H and O–H groups in total. The standard InChI is InChI=1S/C26H19F7O2/c1-14-2-5-24(35-12-14)16-10-22(28)20(23(29)11-16)13-34-17-3-4-18-15(8-17)9-21(27)19(25(18)30)6-7-26(31,32)33/h3-4,8-11,14,24H,2,5,12-13H2,1H3. The number of ether oxygens (including phenoxy) is 2. The molecule has 9 heteroatoms. The van der Waals surface area contributed by atoms with Gasteiger partial charge in [0.1, 0.15) is 35.6 Å². The third-order valence-electron chi connectivity index (χ3n) is 5.75. The van der Waals surface area contributed by atoms with E-state index in [0.717, 1.165) is 24.5 Å². The van der Waals surface area contributed by atoms with Gasteiger partial charge in [-0.15, -0.1) is 0 Å². The van der Waals surface area contributed by atoms with E-state index in [4.69, 9.17) is 9.47 Å². The molecule has 0 aliphatic carbocycles. The van der Waals surface area contributed by atoms with Crippen molar-refractivity contribution in [2.45, 2.75) is 38.7 Å². The maximum Gasteiger partial charge on any atom is 0.458 e. The molecule has 0 amide bonds. The van der Waals surface area contributed by atoms with Crippen LogP contribution < -0.4 is 4.74 Å². The van der Waals surface area contributed by atoms with Crippen LogP contribution in [0.25, 0.3) is 10.8 Å². The number of hydrogen-bond acceptors (Lipinski definition) is 2. The summed E-state index contributed by atoms with van der Waals surface area (Å²) in [6.45, 7) is 2.05. The van der Waals surface area contributed by atoms with E-state index in [1.165, 1.54) is 30.2 Å². The molecule has 3 aromatic carbocycles. The van der Waals surface area contributed by atoms with E-state index >= 15 is 0 Å². The first-order valence-corrected chi connectivity index (χ1v) is 10.8. The van der Waals surface area contributed by atoms with Gasteiger partial charge in [0.05, 0.1) is 17.2 Å². The zero-order valence-electron chi connectivity index (χ0n) is 18.4.